The molecule has 33 heavy (non-hydrogen) atoms. The Bertz CT molecular complexity index is 1170. The van der Waals surface area contributed by atoms with Gasteiger partial charge < -0.3 is 23.6 Å². The molecule has 2 amide bonds. The summed E-state index contributed by atoms with van der Waals surface area (Å²) in [6, 6.07) is 15.6. The van der Waals surface area contributed by atoms with Gasteiger partial charge in [-0.15, -0.1) is 0 Å². The lowest BCUT2D eigenvalue weighted by Gasteiger charge is -2.21. The lowest BCUT2D eigenvalue weighted by atomic mass is 10.2. The fourth-order valence-electron chi connectivity index (χ4n) is 2.99. The molecule has 9 nitrogen and oxygen atoms in total. The second-order valence-corrected chi connectivity index (χ2v) is 8.70. The molecule has 0 aliphatic rings. The van der Waals surface area contributed by atoms with Gasteiger partial charge in [-0.2, -0.15) is 8.42 Å². The highest BCUT2D eigenvalue weighted by Crippen LogP contribution is 2.21. The number of benzene rings is 2. The third-order valence-corrected chi connectivity index (χ3v) is 5.77. The van der Waals surface area contributed by atoms with Crippen LogP contribution in [-0.2, 0) is 37.5 Å². The fraction of sp³-hybridized carbons (Fsp3) is 0.217. The Morgan fingerprint density at radius 3 is 2.27 bits per heavy atom. The van der Waals surface area contributed by atoms with Crippen LogP contribution < -0.4 is 9.50 Å². The molecule has 1 heterocycles. The van der Waals surface area contributed by atoms with Gasteiger partial charge in [0, 0.05) is 26.3 Å². The van der Waals surface area contributed by atoms with E-state index in [4.69, 9.17) is 13.3 Å². The third-order valence-electron chi connectivity index (χ3n) is 4.51. The Morgan fingerprint density at radius 2 is 1.70 bits per heavy atom. The van der Waals surface area contributed by atoms with Gasteiger partial charge in [0.2, 0.25) is 11.8 Å². The molecule has 0 aliphatic heterocycles. The molecule has 3 rings (SSSR count). The summed E-state index contributed by atoms with van der Waals surface area (Å²) in [5.74, 6) is 0.300. The number of hydrogen-bond acceptors (Lipinski definition) is 7. The molecule has 0 unspecified atom stereocenters. The van der Waals surface area contributed by atoms with Crippen LogP contribution in [0.2, 0.25) is 0 Å². The lowest BCUT2D eigenvalue weighted by molar-refractivity contribution is -0.136. The molecule has 0 aliphatic carbocycles. The number of carbonyl (C=O) groups is 2. The summed E-state index contributed by atoms with van der Waals surface area (Å²) in [5.41, 5.74) is 1.25. The van der Waals surface area contributed by atoms with E-state index in [1.165, 1.54) is 56.7 Å². The molecule has 0 saturated heterocycles. The monoisotopic (exact) mass is 472 g/mol. The number of methoxy groups -OCH3 is 1. The van der Waals surface area contributed by atoms with Crippen LogP contribution in [0.5, 0.6) is 5.75 Å². The maximum atomic E-state index is 12.5. The van der Waals surface area contributed by atoms with Gasteiger partial charge in [-0.05, 0) is 54.1 Å². The van der Waals surface area contributed by atoms with Crippen LogP contribution in [-0.4, -0.2) is 38.8 Å². The van der Waals surface area contributed by atoms with E-state index in [9.17, 15) is 18.0 Å². The predicted octanol–water partition coefficient (Wildman–Crippen LogP) is 3.18. The van der Waals surface area contributed by atoms with E-state index in [-0.39, 0.29) is 42.2 Å². The van der Waals surface area contributed by atoms with Crippen LogP contribution in [0.4, 0.5) is 5.69 Å². The summed E-state index contributed by atoms with van der Waals surface area (Å²) in [7, 11) is -2.61. The number of rotatable bonds is 10. The number of hydrogen-bond donors (Lipinski definition) is 1. The second-order valence-electron chi connectivity index (χ2n) is 7.15. The number of carbonyl (C=O) groups excluding carboxylic acids is 2. The molecular formula is C23H24N2O7S. The molecule has 0 fully saturated rings. The van der Waals surface area contributed by atoms with Crippen molar-refractivity contribution in [2.45, 2.75) is 24.9 Å². The van der Waals surface area contributed by atoms with Crippen LogP contribution in [0.3, 0.4) is 0 Å². The minimum absolute atomic E-state index is 0.0459. The summed E-state index contributed by atoms with van der Waals surface area (Å²) in [4.78, 5) is 25.0. The zero-order valence-corrected chi connectivity index (χ0v) is 19.0. The van der Waals surface area contributed by atoms with Gasteiger partial charge in [-0.1, -0.05) is 12.1 Å². The van der Waals surface area contributed by atoms with Crippen molar-refractivity contribution < 1.29 is 31.3 Å². The summed E-state index contributed by atoms with van der Waals surface area (Å²) in [5, 5.41) is 2.57. The van der Waals surface area contributed by atoms with Crippen molar-refractivity contribution in [3.05, 3.63) is 78.3 Å². The van der Waals surface area contributed by atoms with E-state index in [0.29, 0.717) is 11.4 Å². The van der Waals surface area contributed by atoms with Crippen LogP contribution in [0.15, 0.2) is 76.2 Å². The van der Waals surface area contributed by atoms with Gasteiger partial charge in [-0.3, -0.25) is 9.59 Å². The minimum atomic E-state index is -4.06. The van der Waals surface area contributed by atoms with Crippen molar-refractivity contribution in [3.63, 3.8) is 0 Å². The summed E-state index contributed by atoms with van der Waals surface area (Å²) >= 11 is 0. The van der Waals surface area contributed by atoms with Gasteiger partial charge in [0.1, 0.15) is 23.0 Å². The number of anilines is 1. The number of amides is 2. The van der Waals surface area contributed by atoms with Crippen molar-refractivity contribution >= 4 is 27.6 Å². The molecule has 10 heteroatoms. The molecule has 0 saturated carbocycles. The predicted molar refractivity (Wildman–Crippen MR) is 120 cm³/mol. The number of nitrogens with one attached hydrogen (secondary N) is 1. The Morgan fingerprint density at radius 1 is 1.00 bits per heavy atom. The first-order chi connectivity index (χ1) is 15.8. The molecule has 1 N–H and O–H groups in total. The zero-order chi connectivity index (χ0) is 23.8. The zero-order valence-electron chi connectivity index (χ0n) is 18.2. The number of ether oxygens (including phenoxy) is 1. The Balaban J connectivity index is 1.68. The van der Waals surface area contributed by atoms with Crippen molar-refractivity contribution in [3.8, 4) is 5.75 Å². The van der Waals surface area contributed by atoms with Gasteiger partial charge in [0.15, 0.2) is 0 Å². The van der Waals surface area contributed by atoms with Crippen LogP contribution in [0, 0.1) is 0 Å². The van der Waals surface area contributed by atoms with Crippen molar-refractivity contribution in [2.75, 3.05) is 19.0 Å². The van der Waals surface area contributed by atoms with Crippen molar-refractivity contribution in [1.82, 2.24) is 4.90 Å². The average Bonchev–Trinajstić information content (AvgIpc) is 3.28. The van der Waals surface area contributed by atoms with E-state index in [0.717, 1.165) is 5.56 Å². The fourth-order valence-corrected chi connectivity index (χ4v) is 3.92. The highest BCUT2D eigenvalue weighted by Gasteiger charge is 2.18. The Hall–Kier alpha value is -3.63. The van der Waals surface area contributed by atoms with Crippen LogP contribution in [0.1, 0.15) is 18.2 Å². The highest BCUT2D eigenvalue weighted by molar-refractivity contribution is 7.87. The maximum absolute atomic E-state index is 12.5. The van der Waals surface area contributed by atoms with Crippen molar-refractivity contribution in [2.24, 2.45) is 0 Å². The minimum Gasteiger partial charge on any atom is -0.467 e. The van der Waals surface area contributed by atoms with Crippen LogP contribution >= 0.6 is 0 Å². The number of furan rings is 1. The first-order valence-corrected chi connectivity index (χ1v) is 11.4. The lowest BCUT2D eigenvalue weighted by Crippen LogP contribution is -2.32. The first-order valence-electron chi connectivity index (χ1n) is 9.97. The highest BCUT2D eigenvalue weighted by atomic mass is 32.2. The second kappa shape index (κ2) is 10.8. The molecule has 0 spiro atoms. The Kier molecular flexibility index (Phi) is 7.86. The topological polar surface area (TPSA) is 115 Å². The Labute approximate surface area is 192 Å². The standard InChI is InChI=1S/C23H24N2O7S/c1-17(26)24-19-7-11-22(12-8-19)33(28,29)32-20-9-5-18(6-10-20)14-25(23(27)16-30-2)15-21-4-3-13-31-21/h3-13H,14-16H2,1-2H3,(H,24,26). The van der Waals surface area contributed by atoms with Crippen LogP contribution in [0.25, 0.3) is 0 Å². The summed E-state index contributed by atoms with van der Waals surface area (Å²) in [6.07, 6.45) is 1.54. The molecular weight excluding hydrogens is 448 g/mol. The normalized spacial score (nSPS) is 11.1. The van der Waals surface area contributed by atoms with Gasteiger partial charge in [-0.25, -0.2) is 0 Å². The first kappa shape index (κ1) is 24.0. The summed E-state index contributed by atoms with van der Waals surface area (Å²) in [6.45, 7) is 1.85. The van der Waals surface area contributed by atoms with E-state index in [2.05, 4.69) is 5.32 Å². The van der Waals surface area contributed by atoms with E-state index in [1.807, 2.05) is 0 Å². The van der Waals surface area contributed by atoms with Gasteiger partial charge in [0.05, 0.1) is 12.8 Å². The molecule has 174 valence electrons. The smallest absolute Gasteiger partial charge is 0.339 e. The molecule has 3 aromatic rings. The SMILES string of the molecule is COCC(=O)N(Cc1ccc(OS(=O)(=O)c2ccc(NC(C)=O)cc2)cc1)Cc1ccco1. The molecule has 2 aromatic carbocycles. The largest absolute Gasteiger partial charge is 0.467 e. The molecule has 1 aromatic heterocycles. The number of nitrogens with zero attached hydrogens (tertiary/aromatic N) is 1. The quantitative estimate of drug-likeness (QED) is 0.451. The average molecular weight is 473 g/mol. The molecule has 0 radical (unpaired) electrons. The van der Waals surface area contributed by atoms with Crippen molar-refractivity contribution in [1.29, 1.82) is 0 Å². The van der Waals surface area contributed by atoms with E-state index < -0.39 is 10.1 Å². The maximum Gasteiger partial charge on any atom is 0.339 e. The third kappa shape index (κ3) is 6.93. The molecule has 0 atom stereocenters. The molecule has 0 bridgehead atoms. The summed E-state index contributed by atoms with van der Waals surface area (Å²) < 4.78 is 40.6. The van der Waals surface area contributed by atoms with E-state index in [1.54, 1.807) is 29.2 Å². The van der Waals surface area contributed by atoms with Gasteiger partial charge in [0.25, 0.3) is 0 Å². The van der Waals surface area contributed by atoms with E-state index >= 15 is 0 Å². The van der Waals surface area contributed by atoms with Gasteiger partial charge >= 0.3 is 10.1 Å².